The first-order valence-electron chi connectivity index (χ1n) is 7.35. The Bertz CT molecular complexity index is 875. The van der Waals surface area contributed by atoms with Crippen LogP contribution in [0.15, 0.2) is 78.9 Å². The van der Waals surface area contributed by atoms with Gasteiger partial charge in [-0.25, -0.2) is 0 Å². The number of rotatable bonds is 5. The van der Waals surface area contributed by atoms with Gasteiger partial charge in [-0.1, -0.05) is 42.5 Å². The van der Waals surface area contributed by atoms with Gasteiger partial charge in [0.25, 0.3) is 5.69 Å². The second-order valence-electron chi connectivity index (χ2n) is 5.17. The van der Waals surface area contributed by atoms with Crippen molar-refractivity contribution in [1.29, 1.82) is 0 Å². The highest BCUT2D eigenvalue weighted by atomic mass is 16.6. The topological polar surface area (TPSA) is 72.2 Å². The summed E-state index contributed by atoms with van der Waals surface area (Å²) < 4.78 is 0. The van der Waals surface area contributed by atoms with E-state index in [2.05, 4.69) is 5.32 Å². The summed E-state index contributed by atoms with van der Waals surface area (Å²) in [5.74, 6) is -0.0622. The first-order chi connectivity index (χ1) is 11.6. The third-order valence-corrected chi connectivity index (χ3v) is 3.56. The number of anilines is 2. The van der Waals surface area contributed by atoms with Gasteiger partial charge in [0.1, 0.15) is 5.69 Å². The van der Waals surface area contributed by atoms with Gasteiger partial charge in [-0.3, -0.25) is 14.9 Å². The van der Waals surface area contributed by atoms with Crippen molar-refractivity contribution >= 4 is 22.8 Å². The van der Waals surface area contributed by atoms with Crippen LogP contribution < -0.4 is 5.32 Å². The number of nitro benzene ring substituents is 1. The lowest BCUT2D eigenvalue weighted by Gasteiger charge is -2.08. The quantitative estimate of drug-likeness (QED) is 0.425. The van der Waals surface area contributed by atoms with Gasteiger partial charge in [0.2, 0.25) is 0 Å². The van der Waals surface area contributed by atoms with E-state index in [4.69, 9.17) is 0 Å². The molecule has 0 atom stereocenters. The number of carbonyl (C=O) groups excluding carboxylic acids is 1. The van der Waals surface area contributed by atoms with Crippen molar-refractivity contribution in [2.24, 2.45) is 0 Å². The molecule has 0 aliphatic carbocycles. The largest absolute Gasteiger partial charge is 0.350 e. The Hall–Kier alpha value is -3.47. The van der Waals surface area contributed by atoms with Crippen LogP contribution in [0.2, 0.25) is 0 Å². The Kier molecular flexibility index (Phi) is 4.34. The minimum atomic E-state index is -0.435. The molecule has 0 aliphatic rings. The zero-order valence-corrected chi connectivity index (χ0v) is 12.7. The molecule has 0 fully saturated rings. The van der Waals surface area contributed by atoms with Gasteiger partial charge in [-0.05, 0) is 30.3 Å². The Morgan fingerprint density at radius 2 is 1.38 bits per heavy atom. The molecule has 3 rings (SSSR count). The van der Waals surface area contributed by atoms with Crippen LogP contribution in [0.4, 0.5) is 17.1 Å². The van der Waals surface area contributed by atoms with E-state index in [1.54, 1.807) is 54.6 Å². The summed E-state index contributed by atoms with van der Waals surface area (Å²) >= 11 is 0. The van der Waals surface area contributed by atoms with E-state index < -0.39 is 4.92 Å². The molecule has 0 radical (unpaired) electrons. The fraction of sp³-hybridized carbons (Fsp3) is 0. The number of ketones is 1. The van der Waals surface area contributed by atoms with Crippen molar-refractivity contribution < 1.29 is 9.72 Å². The average Bonchev–Trinajstić information content (AvgIpc) is 2.63. The van der Waals surface area contributed by atoms with E-state index in [1.165, 1.54) is 6.07 Å². The maximum absolute atomic E-state index is 12.3. The van der Waals surface area contributed by atoms with Crippen LogP contribution in [0.3, 0.4) is 0 Å². The summed E-state index contributed by atoms with van der Waals surface area (Å²) in [5, 5.41) is 14.0. The number of nitro groups is 1. The van der Waals surface area contributed by atoms with Crippen LogP contribution >= 0.6 is 0 Å². The van der Waals surface area contributed by atoms with E-state index in [-0.39, 0.29) is 11.5 Å². The third kappa shape index (κ3) is 3.30. The molecule has 0 saturated heterocycles. The van der Waals surface area contributed by atoms with Crippen molar-refractivity contribution in [3.05, 3.63) is 100 Å². The normalized spacial score (nSPS) is 10.2. The lowest BCUT2D eigenvalue weighted by Crippen LogP contribution is -2.01. The van der Waals surface area contributed by atoms with E-state index >= 15 is 0 Å². The van der Waals surface area contributed by atoms with Crippen molar-refractivity contribution in [3.63, 3.8) is 0 Å². The molecule has 24 heavy (non-hydrogen) atoms. The van der Waals surface area contributed by atoms with Gasteiger partial charge >= 0.3 is 0 Å². The predicted octanol–water partition coefficient (Wildman–Crippen LogP) is 4.57. The third-order valence-electron chi connectivity index (χ3n) is 3.56. The standard InChI is InChI=1S/C19H14N2O3/c22-19(14-6-2-1-3-7-14)15-10-12-16(13-11-15)20-17-8-4-5-9-18(17)21(23)24/h1-13,20H. The van der Waals surface area contributed by atoms with Crippen LogP contribution in [0.25, 0.3) is 0 Å². The summed E-state index contributed by atoms with van der Waals surface area (Å²) in [6.07, 6.45) is 0. The van der Waals surface area contributed by atoms with Crippen molar-refractivity contribution in [2.45, 2.75) is 0 Å². The average molecular weight is 318 g/mol. The number of carbonyl (C=O) groups is 1. The lowest BCUT2D eigenvalue weighted by atomic mass is 10.0. The second kappa shape index (κ2) is 6.75. The molecule has 0 spiro atoms. The molecule has 1 N–H and O–H groups in total. The minimum Gasteiger partial charge on any atom is -0.350 e. The molecule has 118 valence electrons. The number of para-hydroxylation sites is 2. The van der Waals surface area contributed by atoms with Crippen LogP contribution in [0.1, 0.15) is 15.9 Å². The number of hydrogen-bond donors (Lipinski definition) is 1. The number of nitrogens with zero attached hydrogens (tertiary/aromatic N) is 1. The summed E-state index contributed by atoms with van der Waals surface area (Å²) in [6.45, 7) is 0. The smallest absolute Gasteiger partial charge is 0.292 e. The van der Waals surface area contributed by atoms with Crippen LogP contribution in [0.5, 0.6) is 0 Å². The molecule has 0 unspecified atom stereocenters. The molecule has 0 bridgehead atoms. The molecule has 5 nitrogen and oxygen atoms in total. The van der Waals surface area contributed by atoms with E-state index in [9.17, 15) is 14.9 Å². The molecule has 0 heterocycles. The van der Waals surface area contributed by atoms with Crippen molar-refractivity contribution in [2.75, 3.05) is 5.32 Å². The van der Waals surface area contributed by atoms with Gasteiger partial charge in [0, 0.05) is 22.9 Å². The number of hydrogen-bond acceptors (Lipinski definition) is 4. The molecule has 0 amide bonds. The molecular weight excluding hydrogens is 304 g/mol. The van der Waals surface area contributed by atoms with Crippen molar-refractivity contribution in [3.8, 4) is 0 Å². The van der Waals surface area contributed by atoms with E-state index in [1.807, 2.05) is 18.2 Å². The molecule has 5 heteroatoms. The zero-order valence-electron chi connectivity index (χ0n) is 12.7. The fourth-order valence-electron chi connectivity index (χ4n) is 2.36. The van der Waals surface area contributed by atoms with E-state index in [0.29, 0.717) is 22.5 Å². The van der Waals surface area contributed by atoms with Crippen molar-refractivity contribution in [1.82, 2.24) is 0 Å². The first kappa shape index (κ1) is 15.4. The molecule has 3 aromatic carbocycles. The maximum atomic E-state index is 12.3. The lowest BCUT2D eigenvalue weighted by molar-refractivity contribution is -0.383. The Morgan fingerprint density at radius 1 is 0.792 bits per heavy atom. The molecular formula is C19H14N2O3. The second-order valence-corrected chi connectivity index (χ2v) is 5.17. The Labute approximate surface area is 138 Å². The summed E-state index contributed by atoms with van der Waals surface area (Å²) in [5.41, 5.74) is 2.27. The zero-order chi connectivity index (χ0) is 16.9. The molecule has 3 aromatic rings. The number of benzene rings is 3. The predicted molar refractivity (Wildman–Crippen MR) is 92.7 cm³/mol. The molecule has 0 saturated carbocycles. The van der Waals surface area contributed by atoms with Crippen LogP contribution in [-0.2, 0) is 0 Å². The highest BCUT2D eigenvalue weighted by Crippen LogP contribution is 2.27. The van der Waals surface area contributed by atoms with Crippen LogP contribution in [0, 0.1) is 10.1 Å². The SMILES string of the molecule is O=C(c1ccccc1)c1ccc(Nc2ccccc2[N+](=O)[O-])cc1. The maximum Gasteiger partial charge on any atom is 0.292 e. The fourth-order valence-corrected chi connectivity index (χ4v) is 2.36. The minimum absolute atomic E-state index is 0.00179. The Balaban J connectivity index is 1.81. The molecule has 0 aromatic heterocycles. The summed E-state index contributed by atoms with van der Waals surface area (Å²) in [7, 11) is 0. The Morgan fingerprint density at radius 3 is 2.04 bits per heavy atom. The highest BCUT2D eigenvalue weighted by Gasteiger charge is 2.13. The number of nitrogens with one attached hydrogen (secondary N) is 1. The van der Waals surface area contributed by atoms with Gasteiger partial charge in [-0.15, -0.1) is 0 Å². The summed E-state index contributed by atoms with van der Waals surface area (Å²) in [6, 6.07) is 22.3. The van der Waals surface area contributed by atoms with E-state index in [0.717, 1.165) is 0 Å². The van der Waals surface area contributed by atoms with Gasteiger partial charge < -0.3 is 5.32 Å². The summed E-state index contributed by atoms with van der Waals surface area (Å²) in [4.78, 5) is 22.9. The monoisotopic (exact) mass is 318 g/mol. The van der Waals surface area contributed by atoms with Crippen LogP contribution in [-0.4, -0.2) is 10.7 Å². The van der Waals surface area contributed by atoms with Gasteiger partial charge in [0.05, 0.1) is 4.92 Å². The van der Waals surface area contributed by atoms with Gasteiger partial charge in [-0.2, -0.15) is 0 Å². The molecule has 0 aliphatic heterocycles. The van der Waals surface area contributed by atoms with Gasteiger partial charge in [0.15, 0.2) is 5.78 Å². The first-order valence-corrected chi connectivity index (χ1v) is 7.35. The highest BCUT2D eigenvalue weighted by molar-refractivity contribution is 6.09.